The van der Waals surface area contributed by atoms with Gasteiger partial charge in [-0.25, -0.2) is 0 Å². The molecular weight excluding hydrogens is 102 g/mol. The Bertz CT molecular complexity index is 74.5. The van der Waals surface area contributed by atoms with Crippen molar-refractivity contribution in [3.8, 4) is 0 Å². The summed E-state index contributed by atoms with van der Waals surface area (Å²) in [5, 5.41) is 0. The molecule has 0 saturated carbocycles. The first-order valence-electron chi connectivity index (χ1n) is 2.55. The summed E-state index contributed by atoms with van der Waals surface area (Å²) in [6.07, 6.45) is 5.28. The molecule has 8 heavy (non-hydrogen) atoms. The van der Waals surface area contributed by atoms with Crippen LogP contribution in [0.25, 0.3) is 0 Å². The molecule has 0 amide bonds. The number of hydrogen-bond acceptors (Lipinski definition) is 2. The van der Waals surface area contributed by atoms with Crippen LogP contribution in [-0.2, 0) is 4.74 Å². The molecule has 0 radical (unpaired) electrons. The van der Waals surface area contributed by atoms with E-state index in [4.69, 9.17) is 4.74 Å². The molecule has 0 heterocycles. The van der Waals surface area contributed by atoms with Crippen LogP contribution in [0.15, 0.2) is 17.1 Å². The lowest BCUT2D eigenvalue weighted by atomic mass is 10.6. The van der Waals surface area contributed by atoms with E-state index in [1.54, 1.807) is 7.05 Å². The Kier molecular flexibility index (Phi) is 5.60. The minimum atomic E-state index is 0.619. The number of nitrogens with zero attached hydrogens (tertiary/aromatic N) is 1. The van der Waals surface area contributed by atoms with Crippen molar-refractivity contribution in [2.24, 2.45) is 4.99 Å². The molecule has 0 aromatic rings. The van der Waals surface area contributed by atoms with E-state index >= 15 is 0 Å². The van der Waals surface area contributed by atoms with E-state index in [0.717, 1.165) is 0 Å². The van der Waals surface area contributed by atoms with E-state index in [9.17, 15) is 0 Å². The molecule has 0 aliphatic carbocycles. The zero-order valence-corrected chi connectivity index (χ0v) is 5.29. The van der Waals surface area contributed by atoms with Crippen molar-refractivity contribution in [1.29, 1.82) is 0 Å². The van der Waals surface area contributed by atoms with Crippen LogP contribution in [0, 0.1) is 0 Å². The second-order valence-corrected chi connectivity index (χ2v) is 1.27. The maximum atomic E-state index is 4.84. The molecule has 2 heteroatoms. The van der Waals surface area contributed by atoms with Gasteiger partial charge in [0.05, 0.1) is 0 Å². The highest BCUT2D eigenvalue weighted by Crippen LogP contribution is 1.71. The van der Waals surface area contributed by atoms with Crippen LogP contribution >= 0.6 is 0 Å². The van der Waals surface area contributed by atoms with Crippen molar-refractivity contribution >= 4 is 6.40 Å². The summed E-state index contributed by atoms with van der Waals surface area (Å²) >= 11 is 0. The lowest BCUT2D eigenvalue weighted by Crippen LogP contribution is -1.85. The van der Waals surface area contributed by atoms with Crippen LogP contribution < -0.4 is 0 Å². The van der Waals surface area contributed by atoms with Crippen LogP contribution in [0.2, 0.25) is 0 Å². The fourth-order valence-corrected chi connectivity index (χ4v) is 0.269. The van der Waals surface area contributed by atoms with Crippen molar-refractivity contribution in [3.05, 3.63) is 12.2 Å². The summed E-state index contributed by atoms with van der Waals surface area (Å²) in [6.45, 7) is 2.57. The van der Waals surface area contributed by atoms with E-state index < -0.39 is 0 Å². The van der Waals surface area contributed by atoms with Crippen molar-refractivity contribution < 1.29 is 4.74 Å². The highest BCUT2D eigenvalue weighted by Gasteiger charge is 1.67. The highest BCUT2D eigenvalue weighted by atomic mass is 16.5. The topological polar surface area (TPSA) is 21.6 Å². The third-order valence-electron chi connectivity index (χ3n) is 0.608. The van der Waals surface area contributed by atoms with Crippen LogP contribution in [0.5, 0.6) is 0 Å². The molecule has 46 valence electrons. The van der Waals surface area contributed by atoms with Gasteiger partial charge in [-0.3, -0.25) is 4.99 Å². The molecule has 0 atom stereocenters. The zero-order chi connectivity index (χ0) is 6.24. The Morgan fingerprint density at radius 2 is 2.38 bits per heavy atom. The highest BCUT2D eigenvalue weighted by molar-refractivity contribution is 5.45. The molecule has 0 aromatic heterocycles. The Morgan fingerprint density at radius 3 is 2.88 bits per heavy atom. The lowest BCUT2D eigenvalue weighted by Gasteiger charge is -1.88. The van der Waals surface area contributed by atoms with Crippen LogP contribution in [0.1, 0.15) is 6.92 Å². The molecule has 0 aliphatic rings. The molecule has 2 nitrogen and oxygen atoms in total. The monoisotopic (exact) mass is 113 g/mol. The summed E-state index contributed by atoms with van der Waals surface area (Å²) in [5.74, 6) is 0. The Labute approximate surface area is 49.9 Å². The first-order chi connectivity index (χ1) is 3.91. The van der Waals surface area contributed by atoms with Crippen molar-refractivity contribution in [3.63, 3.8) is 0 Å². The number of aliphatic imine (C=N–C) groups is 1. The number of hydrogen-bond donors (Lipinski definition) is 0. The standard InChI is InChI=1S/C6H11NO/c1-3-4-5-8-6-7-2/h3-4,6H,5H2,1-2H3/b4-3+,7-6?. The van der Waals surface area contributed by atoms with Gasteiger partial charge in [0.25, 0.3) is 0 Å². The first kappa shape index (κ1) is 7.21. The predicted molar refractivity (Wildman–Crippen MR) is 35.2 cm³/mol. The van der Waals surface area contributed by atoms with Gasteiger partial charge >= 0.3 is 0 Å². The van der Waals surface area contributed by atoms with Gasteiger partial charge in [0.2, 0.25) is 0 Å². The molecule has 0 fully saturated rings. The third-order valence-corrected chi connectivity index (χ3v) is 0.608. The van der Waals surface area contributed by atoms with Crippen molar-refractivity contribution in [2.45, 2.75) is 6.92 Å². The molecule has 0 unspecified atom stereocenters. The molecule has 0 bridgehead atoms. The first-order valence-corrected chi connectivity index (χ1v) is 2.55. The summed E-state index contributed by atoms with van der Waals surface area (Å²) in [5.41, 5.74) is 0. The smallest absolute Gasteiger partial charge is 0.169 e. The normalized spacial score (nSPS) is 11.2. The lowest BCUT2D eigenvalue weighted by molar-refractivity contribution is 0.367. The molecule has 0 N–H and O–H groups in total. The van der Waals surface area contributed by atoms with Crippen LogP contribution in [0.4, 0.5) is 0 Å². The van der Waals surface area contributed by atoms with Crippen LogP contribution in [-0.4, -0.2) is 20.1 Å². The number of allylic oxidation sites excluding steroid dienone is 1. The van der Waals surface area contributed by atoms with Crippen molar-refractivity contribution in [2.75, 3.05) is 13.7 Å². The maximum absolute atomic E-state index is 4.84. The van der Waals surface area contributed by atoms with Gasteiger partial charge in [0.1, 0.15) is 6.61 Å². The number of ether oxygens (including phenoxy) is 1. The molecule has 0 saturated heterocycles. The summed E-state index contributed by atoms with van der Waals surface area (Å²) in [7, 11) is 1.68. The van der Waals surface area contributed by atoms with Gasteiger partial charge < -0.3 is 4.74 Å². The fraction of sp³-hybridized carbons (Fsp3) is 0.500. The van der Waals surface area contributed by atoms with Gasteiger partial charge in [-0.05, 0) is 6.92 Å². The maximum Gasteiger partial charge on any atom is 0.169 e. The summed E-state index contributed by atoms with van der Waals surface area (Å²) in [4.78, 5) is 3.63. The molecule has 0 aliphatic heterocycles. The van der Waals surface area contributed by atoms with Gasteiger partial charge in [0.15, 0.2) is 6.40 Å². The molecule has 0 rings (SSSR count). The second-order valence-electron chi connectivity index (χ2n) is 1.27. The van der Waals surface area contributed by atoms with E-state index in [1.165, 1.54) is 6.40 Å². The molecule has 0 spiro atoms. The van der Waals surface area contributed by atoms with E-state index in [-0.39, 0.29) is 0 Å². The van der Waals surface area contributed by atoms with E-state index in [0.29, 0.717) is 6.61 Å². The van der Waals surface area contributed by atoms with E-state index in [1.807, 2.05) is 19.1 Å². The van der Waals surface area contributed by atoms with Gasteiger partial charge in [-0.15, -0.1) is 0 Å². The second kappa shape index (κ2) is 6.21. The minimum absolute atomic E-state index is 0.619. The largest absolute Gasteiger partial charge is 0.479 e. The summed E-state index contributed by atoms with van der Waals surface area (Å²) in [6, 6.07) is 0. The quantitative estimate of drug-likeness (QED) is 0.233. The van der Waals surface area contributed by atoms with Gasteiger partial charge in [-0.1, -0.05) is 12.2 Å². The minimum Gasteiger partial charge on any atom is -0.479 e. The molecule has 0 aromatic carbocycles. The average Bonchev–Trinajstić information content (AvgIpc) is 1.81. The van der Waals surface area contributed by atoms with Gasteiger partial charge in [0, 0.05) is 7.05 Å². The van der Waals surface area contributed by atoms with Crippen molar-refractivity contribution in [1.82, 2.24) is 0 Å². The average molecular weight is 113 g/mol. The Morgan fingerprint density at radius 1 is 1.62 bits per heavy atom. The number of rotatable bonds is 3. The summed E-state index contributed by atoms with van der Waals surface area (Å²) < 4.78 is 4.84. The Balaban J connectivity index is 2.93. The molecular formula is C6H11NO. The predicted octanol–water partition coefficient (Wildman–Crippen LogP) is 1.24. The SMILES string of the molecule is C/C=C/COC=NC. The Hall–Kier alpha value is -0.790. The fourth-order valence-electron chi connectivity index (χ4n) is 0.269. The van der Waals surface area contributed by atoms with E-state index in [2.05, 4.69) is 4.99 Å². The van der Waals surface area contributed by atoms with Gasteiger partial charge in [-0.2, -0.15) is 0 Å². The zero-order valence-electron chi connectivity index (χ0n) is 5.29. The third kappa shape index (κ3) is 5.21. The van der Waals surface area contributed by atoms with Crippen LogP contribution in [0.3, 0.4) is 0 Å².